The van der Waals surface area contributed by atoms with Crippen LogP contribution in [0.2, 0.25) is 0 Å². The summed E-state index contributed by atoms with van der Waals surface area (Å²) in [4.78, 5) is 12.8. The van der Waals surface area contributed by atoms with E-state index in [1.807, 2.05) is 12.1 Å². The maximum Gasteiger partial charge on any atom is 0.339 e. The third-order valence-corrected chi connectivity index (χ3v) is 5.51. The Kier molecular flexibility index (Phi) is 4.62. The number of carbonyl (C=O) groups is 1. The highest BCUT2D eigenvalue weighted by atomic mass is 16.7. The van der Waals surface area contributed by atoms with Gasteiger partial charge in [0.1, 0.15) is 18.4 Å². The summed E-state index contributed by atoms with van der Waals surface area (Å²) in [5.41, 5.74) is 3.25. The van der Waals surface area contributed by atoms with Gasteiger partial charge in [-0.25, -0.2) is 4.79 Å². The Labute approximate surface area is 176 Å². The fourth-order valence-corrected chi connectivity index (χ4v) is 4.13. The van der Waals surface area contributed by atoms with Crippen LogP contribution in [0.3, 0.4) is 0 Å². The zero-order valence-corrected chi connectivity index (χ0v) is 16.3. The average molecular weight is 419 g/mol. The van der Waals surface area contributed by atoms with Gasteiger partial charge in [0.05, 0.1) is 18.8 Å². The number of hydrogen-bond acceptors (Lipinski definition) is 8. The number of rotatable bonds is 5. The molecular weight excluding hydrogens is 402 g/mol. The van der Waals surface area contributed by atoms with Crippen molar-refractivity contribution in [2.24, 2.45) is 0 Å². The lowest BCUT2D eigenvalue weighted by Crippen LogP contribution is -2.05. The molecule has 3 aromatic rings. The van der Waals surface area contributed by atoms with Crippen molar-refractivity contribution in [1.82, 2.24) is 0 Å². The molecule has 0 saturated carbocycles. The molecule has 31 heavy (non-hydrogen) atoms. The molecule has 0 saturated heterocycles. The molecule has 0 amide bonds. The number of nitriles is 1. The predicted molar refractivity (Wildman–Crippen MR) is 108 cm³/mol. The lowest BCUT2D eigenvalue weighted by molar-refractivity contribution is 0.0534. The van der Waals surface area contributed by atoms with Gasteiger partial charge in [-0.1, -0.05) is 6.07 Å². The lowest BCUT2D eigenvalue weighted by Gasteiger charge is -2.18. The quantitative estimate of drug-likeness (QED) is 0.606. The molecule has 8 nitrogen and oxygen atoms in total. The maximum atomic E-state index is 12.8. The number of aliphatic hydroxyl groups is 2. The van der Waals surface area contributed by atoms with Crippen LogP contribution in [0.25, 0.3) is 21.9 Å². The van der Waals surface area contributed by atoms with Gasteiger partial charge in [0, 0.05) is 16.5 Å². The third kappa shape index (κ3) is 2.94. The van der Waals surface area contributed by atoms with Crippen molar-refractivity contribution in [3.63, 3.8) is 0 Å². The predicted octanol–water partition coefficient (Wildman–Crippen LogP) is 2.79. The highest BCUT2D eigenvalue weighted by Crippen LogP contribution is 2.47. The number of ether oxygens (including phenoxy) is 4. The van der Waals surface area contributed by atoms with E-state index in [1.54, 1.807) is 24.3 Å². The van der Waals surface area contributed by atoms with Crippen molar-refractivity contribution in [2.75, 3.05) is 13.4 Å². The molecular formula is C23H17NO7. The molecule has 5 rings (SSSR count). The van der Waals surface area contributed by atoms with Crippen LogP contribution in [0.15, 0.2) is 30.3 Å². The zero-order chi connectivity index (χ0) is 21.5. The number of benzene rings is 3. The molecule has 0 spiro atoms. The van der Waals surface area contributed by atoms with Crippen molar-refractivity contribution in [3.8, 4) is 34.4 Å². The Morgan fingerprint density at radius 3 is 2.45 bits per heavy atom. The molecule has 2 aliphatic heterocycles. The van der Waals surface area contributed by atoms with E-state index in [4.69, 9.17) is 24.2 Å². The number of aliphatic hydroxyl groups excluding tert-OH is 2. The van der Waals surface area contributed by atoms with Crippen LogP contribution in [0.4, 0.5) is 0 Å². The molecule has 0 bridgehead atoms. The summed E-state index contributed by atoms with van der Waals surface area (Å²) in [6, 6.07) is 10.8. The number of esters is 1. The molecule has 2 aliphatic rings. The molecule has 156 valence electrons. The molecule has 2 N–H and O–H groups in total. The smallest absolute Gasteiger partial charge is 0.339 e. The summed E-state index contributed by atoms with van der Waals surface area (Å²) in [5.74, 6) is 1.04. The molecule has 0 fully saturated rings. The summed E-state index contributed by atoms with van der Waals surface area (Å²) in [6.07, 6.45) is 0. The molecule has 0 aromatic heterocycles. The number of hydrogen-bond donors (Lipinski definition) is 2. The summed E-state index contributed by atoms with van der Waals surface area (Å²) < 4.78 is 21.9. The number of carbonyl (C=O) groups excluding carboxylic acids is 1. The van der Waals surface area contributed by atoms with Crippen LogP contribution in [0.1, 0.15) is 27.0 Å². The Morgan fingerprint density at radius 1 is 0.968 bits per heavy atom. The van der Waals surface area contributed by atoms with E-state index in [-0.39, 0.29) is 33.2 Å². The molecule has 3 aromatic carbocycles. The normalized spacial score (nSPS) is 13.8. The first-order valence-corrected chi connectivity index (χ1v) is 9.59. The van der Waals surface area contributed by atoms with Crippen molar-refractivity contribution in [3.05, 3.63) is 52.6 Å². The van der Waals surface area contributed by atoms with E-state index in [0.717, 1.165) is 0 Å². The molecule has 0 aliphatic carbocycles. The number of cyclic esters (lactones) is 1. The maximum absolute atomic E-state index is 12.8. The average Bonchev–Trinajstić information content (AvgIpc) is 3.42. The molecule has 0 unspecified atom stereocenters. The van der Waals surface area contributed by atoms with Crippen molar-refractivity contribution >= 4 is 16.7 Å². The summed E-state index contributed by atoms with van der Waals surface area (Å²) in [5, 5.41) is 29.9. The van der Waals surface area contributed by atoms with Gasteiger partial charge in [-0.15, -0.1) is 0 Å². The Morgan fingerprint density at radius 2 is 1.71 bits per heavy atom. The SMILES string of the molecule is N#CCOc1c2c(c(-c3ccc4c(c3)OCO4)c3cc(CO)c(CO)cc13)C(=O)OC2. The molecule has 8 heteroatoms. The fraction of sp³-hybridized carbons (Fsp3) is 0.217. The monoisotopic (exact) mass is 419 g/mol. The van der Waals surface area contributed by atoms with Crippen LogP contribution >= 0.6 is 0 Å². The van der Waals surface area contributed by atoms with Gasteiger partial charge in [0.2, 0.25) is 6.79 Å². The van der Waals surface area contributed by atoms with Crippen molar-refractivity contribution < 1.29 is 34.0 Å². The highest BCUT2D eigenvalue weighted by Gasteiger charge is 2.33. The fourth-order valence-electron chi connectivity index (χ4n) is 4.13. The Bertz CT molecular complexity index is 1280. The number of fused-ring (bicyclic) bond motifs is 3. The van der Waals surface area contributed by atoms with Gasteiger partial charge >= 0.3 is 5.97 Å². The Balaban J connectivity index is 1.89. The standard InChI is InChI=1S/C23H17NO7/c24-3-4-28-22-16-6-14(9-26)13(8-25)5-15(16)20(21-17(22)10-29-23(21)27)12-1-2-18-19(7-12)31-11-30-18/h1-2,5-7,25-26H,4,8-11H2. The first-order chi connectivity index (χ1) is 15.2. The van der Waals surface area contributed by atoms with Gasteiger partial charge in [0.15, 0.2) is 18.1 Å². The van der Waals surface area contributed by atoms with E-state index in [0.29, 0.717) is 61.4 Å². The second-order valence-electron chi connectivity index (χ2n) is 7.13. The molecule has 2 heterocycles. The van der Waals surface area contributed by atoms with E-state index in [9.17, 15) is 15.0 Å². The van der Waals surface area contributed by atoms with E-state index < -0.39 is 5.97 Å². The zero-order valence-electron chi connectivity index (χ0n) is 16.3. The molecule has 0 atom stereocenters. The third-order valence-electron chi connectivity index (χ3n) is 5.51. The van der Waals surface area contributed by atoms with Gasteiger partial charge in [0.25, 0.3) is 0 Å². The second kappa shape index (κ2) is 7.47. The van der Waals surface area contributed by atoms with Gasteiger partial charge in [-0.05, 0) is 46.3 Å². The van der Waals surface area contributed by atoms with Gasteiger partial charge in [-0.2, -0.15) is 5.26 Å². The van der Waals surface area contributed by atoms with E-state index in [1.165, 1.54) is 0 Å². The number of nitrogens with zero attached hydrogens (tertiary/aromatic N) is 1. The van der Waals surface area contributed by atoms with Crippen LogP contribution in [-0.4, -0.2) is 29.6 Å². The van der Waals surface area contributed by atoms with Crippen LogP contribution < -0.4 is 14.2 Å². The van der Waals surface area contributed by atoms with Gasteiger partial charge < -0.3 is 29.2 Å². The largest absolute Gasteiger partial charge is 0.478 e. The lowest BCUT2D eigenvalue weighted by atomic mass is 9.87. The van der Waals surface area contributed by atoms with Crippen LogP contribution in [0, 0.1) is 11.3 Å². The van der Waals surface area contributed by atoms with Crippen LogP contribution in [0.5, 0.6) is 17.2 Å². The van der Waals surface area contributed by atoms with Crippen LogP contribution in [-0.2, 0) is 24.6 Å². The van der Waals surface area contributed by atoms with Crippen molar-refractivity contribution in [1.29, 1.82) is 5.26 Å². The summed E-state index contributed by atoms with van der Waals surface area (Å²) in [7, 11) is 0. The summed E-state index contributed by atoms with van der Waals surface area (Å²) >= 11 is 0. The minimum atomic E-state index is -0.497. The minimum Gasteiger partial charge on any atom is -0.478 e. The highest BCUT2D eigenvalue weighted by molar-refractivity contribution is 6.13. The minimum absolute atomic E-state index is 0.0125. The van der Waals surface area contributed by atoms with E-state index in [2.05, 4.69) is 0 Å². The van der Waals surface area contributed by atoms with Crippen molar-refractivity contribution in [2.45, 2.75) is 19.8 Å². The van der Waals surface area contributed by atoms with Gasteiger partial charge in [-0.3, -0.25) is 0 Å². The Hall–Kier alpha value is -3.80. The summed E-state index contributed by atoms with van der Waals surface area (Å²) in [6.45, 7) is -0.652. The first-order valence-electron chi connectivity index (χ1n) is 9.59. The molecule has 0 radical (unpaired) electrons. The first kappa shape index (κ1) is 19.2. The van der Waals surface area contributed by atoms with E-state index >= 15 is 0 Å². The topological polar surface area (TPSA) is 118 Å². The second-order valence-corrected chi connectivity index (χ2v) is 7.13.